The third-order valence-electron chi connectivity index (χ3n) is 1.21. The largest absolute Gasteiger partial charge is 0.469 e. The number of rotatable bonds is 4. The van der Waals surface area contributed by atoms with Gasteiger partial charge < -0.3 is 4.74 Å². The quantitative estimate of drug-likeness (QED) is 0.437. The van der Waals surface area contributed by atoms with Crippen LogP contribution in [-0.2, 0) is 9.53 Å². The highest BCUT2D eigenvalue weighted by Crippen LogP contribution is 2.08. The average Bonchev–Trinajstić information content (AvgIpc) is 1.87. The molecule has 0 aromatic carbocycles. The maximum absolute atomic E-state index is 10.6. The molecule has 0 bridgehead atoms. The van der Waals surface area contributed by atoms with Crippen molar-refractivity contribution < 1.29 is 9.53 Å². The molecular weight excluding hydrogens is 243 g/mol. The van der Waals surface area contributed by atoms with Gasteiger partial charge >= 0.3 is 5.97 Å². The molecular formula is C7H13IO2. The standard InChI is InChI=1S/C7H13IO2/c1-6(8)4-3-5-7(9)10-2/h6H,3-5H2,1-2H3. The summed E-state index contributed by atoms with van der Waals surface area (Å²) in [7, 11) is 1.43. The zero-order valence-corrected chi connectivity index (χ0v) is 8.55. The molecule has 0 saturated heterocycles. The molecule has 3 heteroatoms. The molecule has 0 aromatic heterocycles. The summed E-state index contributed by atoms with van der Waals surface area (Å²) in [5, 5.41) is 0. The van der Waals surface area contributed by atoms with Crippen LogP contribution in [0.3, 0.4) is 0 Å². The molecule has 0 amide bonds. The minimum Gasteiger partial charge on any atom is -0.469 e. The normalized spacial score (nSPS) is 12.7. The van der Waals surface area contributed by atoms with Gasteiger partial charge in [0, 0.05) is 10.3 Å². The molecule has 0 aromatic rings. The van der Waals surface area contributed by atoms with Gasteiger partial charge in [-0.15, -0.1) is 0 Å². The molecule has 0 rings (SSSR count). The van der Waals surface area contributed by atoms with E-state index >= 15 is 0 Å². The SMILES string of the molecule is COC(=O)CCCC(C)I. The van der Waals surface area contributed by atoms with E-state index in [4.69, 9.17) is 0 Å². The number of methoxy groups -OCH3 is 1. The molecule has 0 radical (unpaired) electrons. The second kappa shape index (κ2) is 5.95. The average molecular weight is 256 g/mol. The van der Waals surface area contributed by atoms with Gasteiger partial charge in [0.05, 0.1) is 7.11 Å². The van der Waals surface area contributed by atoms with E-state index in [1.165, 1.54) is 7.11 Å². The summed E-state index contributed by atoms with van der Waals surface area (Å²) in [6, 6.07) is 0. The number of halogens is 1. The predicted octanol–water partition coefficient (Wildman–Crippen LogP) is 2.15. The number of carbonyl (C=O) groups is 1. The van der Waals surface area contributed by atoms with E-state index in [1.54, 1.807) is 0 Å². The predicted molar refractivity (Wildman–Crippen MR) is 49.3 cm³/mol. The number of alkyl halides is 1. The fraction of sp³-hybridized carbons (Fsp3) is 0.857. The molecule has 0 aliphatic rings. The van der Waals surface area contributed by atoms with Crippen molar-refractivity contribution in [3.05, 3.63) is 0 Å². The van der Waals surface area contributed by atoms with Crippen LogP contribution in [0.1, 0.15) is 26.2 Å². The topological polar surface area (TPSA) is 26.3 Å². The number of carbonyl (C=O) groups excluding carboxylic acids is 1. The van der Waals surface area contributed by atoms with Crippen LogP contribution >= 0.6 is 22.6 Å². The lowest BCUT2D eigenvalue weighted by Gasteiger charge is -2.00. The second-order valence-electron chi connectivity index (χ2n) is 2.25. The van der Waals surface area contributed by atoms with Crippen molar-refractivity contribution >= 4 is 28.6 Å². The van der Waals surface area contributed by atoms with Crippen molar-refractivity contribution in [1.29, 1.82) is 0 Å². The van der Waals surface area contributed by atoms with Crippen LogP contribution in [0.15, 0.2) is 0 Å². The molecule has 0 spiro atoms. The molecule has 0 heterocycles. The molecule has 60 valence electrons. The van der Waals surface area contributed by atoms with E-state index < -0.39 is 0 Å². The third kappa shape index (κ3) is 6.32. The van der Waals surface area contributed by atoms with Gasteiger partial charge in [0.15, 0.2) is 0 Å². The van der Waals surface area contributed by atoms with Crippen LogP contribution in [0.5, 0.6) is 0 Å². The Morgan fingerprint density at radius 1 is 1.70 bits per heavy atom. The summed E-state index contributed by atoms with van der Waals surface area (Å²) < 4.78 is 5.15. The van der Waals surface area contributed by atoms with Gasteiger partial charge in [-0.3, -0.25) is 4.79 Å². The molecule has 1 unspecified atom stereocenters. The molecule has 0 N–H and O–H groups in total. The Balaban J connectivity index is 3.12. The highest BCUT2D eigenvalue weighted by atomic mass is 127. The lowest BCUT2D eigenvalue weighted by Crippen LogP contribution is -2.00. The van der Waals surface area contributed by atoms with Gasteiger partial charge in [-0.1, -0.05) is 29.5 Å². The first-order valence-corrected chi connectivity index (χ1v) is 4.62. The zero-order chi connectivity index (χ0) is 7.98. The molecule has 1 atom stereocenters. The number of ether oxygens (including phenoxy) is 1. The minimum atomic E-state index is -0.1000. The van der Waals surface area contributed by atoms with Crippen LogP contribution in [0.4, 0.5) is 0 Å². The lowest BCUT2D eigenvalue weighted by atomic mass is 10.2. The fourth-order valence-corrected chi connectivity index (χ4v) is 1.07. The number of esters is 1. The van der Waals surface area contributed by atoms with Crippen LogP contribution in [0.2, 0.25) is 0 Å². The summed E-state index contributed by atoms with van der Waals surface area (Å²) in [6.45, 7) is 2.14. The van der Waals surface area contributed by atoms with Crippen LogP contribution in [0.25, 0.3) is 0 Å². The van der Waals surface area contributed by atoms with Gasteiger partial charge in [0.1, 0.15) is 0 Å². The van der Waals surface area contributed by atoms with Gasteiger partial charge in [-0.05, 0) is 12.8 Å². The molecule has 0 saturated carbocycles. The molecule has 2 nitrogen and oxygen atoms in total. The lowest BCUT2D eigenvalue weighted by molar-refractivity contribution is -0.140. The van der Waals surface area contributed by atoms with Gasteiger partial charge in [-0.2, -0.15) is 0 Å². The van der Waals surface area contributed by atoms with Crippen LogP contribution in [-0.4, -0.2) is 17.0 Å². The Bertz CT molecular complexity index is 102. The first kappa shape index (κ1) is 10.2. The van der Waals surface area contributed by atoms with E-state index in [2.05, 4.69) is 34.3 Å². The Kier molecular flexibility index (Phi) is 6.06. The summed E-state index contributed by atoms with van der Waals surface area (Å²) in [5.74, 6) is -0.1000. The maximum atomic E-state index is 10.6. The van der Waals surface area contributed by atoms with Gasteiger partial charge in [0.2, 0.25) is 0 Å². The molecule has 0 fully saturated rings. The van der Waals surface area contributed by atoms with Gasteiger partial charge in [0.25, 0.3) is 0 Å². The Morgan fingerprint density at radius 2 is 2.30 bits per heavy atom. The Hall–Kier alpha value is 0.200. The summed E-state index contributed by atoms with van der Waals surface area (Å²) in [6.07, 6.45) is 2.59. The van der Waals surface area contributed by atoms with Crippen molar-refractivity contribution in [3.8, 4) is 0 Å². The van der Waals surface area contributed by atoms with Crippen molar-refractivity contribution in [2.45, 2.75) is 30.1 Å². The maximum Gasteiger partial charge on any atom is 0.305 e. The summed E-state index contributed by atoms with van der Waals surface area (Å²) in [5.41, 5.74) is 0. The van der Waals surface area contributed by atoms with Gasteiger partial charge in [-0.25, -0.2) is 0 Å². The van der Waals surface area contributed by atoms with E-state index in [-0.39, 0.29) is 5.97 Å². The van der Waals surface area contributed by atoms with Crippen molar-refractivity contribution in [1.82, 2.24) is 0 Å². The highest BCUT2D eigenvalue weighted by molar-refractivity contribution is 14.1. The van der Waals surface area contributed by atoms with Crippen molar-refractivity contribution in [2.75, 3.05) is 7.11 Å². The van der Waals surface area contributed by atoms with Crippen LogP contribution in [0, 0.1) is 0 Å². The smallest absolute Gasteiger partial charge is 0.305 e. The van der Waals surface area contributed by atoms with Crippen molar-refractivity contribution in [3.63, 3.8) is 0 Å². The molecule has 0 aliphatic heterocycles. The number of hydrogen-bond acceptors (Lipinski definition) is 2. The minimum absolute atomic E-state index is 0.1000. The zero-order valence-electron chi connectivity index (χ0n) is 6.39. The van der Waals surface area contributed by atoms with Crippen LogP contribution < -0.4 is 0 Å². The first-order valence-electron chi connectivity index (χ1n) is 3.37. The Morgan fingerprint density at radius 3 is 2.70 bits per heavy atom. The Labute approximate surface area is 75.5 Å². The van der Waals surface area contributed by atoms with E-state index in [1.807, 2.05) is 0 Å². The van der Waals surface area contributed by atoms with E-state index in [0.29, 0.717) is 10.3 Å². The van der Waals surface area contributed by atoms with E-state index in [0.717, 1.165) is 12.8 Å². The van der Waals surface area contributed by atoms with E-state index in [9.17, 15) is 4.79 Å². The van der Waals surface area contributed by atoms with Crippen molar-refractivity contribution in [2.24, 2.45) is 0 Å². The second-order valence-corrected chi connectivity index (χ2v) is 4.38. The highest BCUT2D eigenvalue weighted by Gasteiger charge is 2.00. The fourth-order valence-electron chi connectivity index (χ4n) is 0.630. The number of hydrogen-bond donors (Lipinski definition) is 0. The molecule has 0 aliphatic carbocycles. The summed E-state index contributed by atoms with van der Waals surface area (Å²) >= 11 is 2.35. The monoisotopic (exact) mass is 256 g/mol. The third-order valence-corrected chi connectivity index (χ3v) is 1.83. The molecule has 10 heavy (non-hydrogen) atoms. The summed E-state index contributed by atoms with van der Waals surface area (Å²) in [4.78, 5) is 10.6. The first-order chi connectivity index (χ1) is 4.66.